The first kappa shape index (κ1) is 18.0. The Morgan fingerprint density at radius 3 is 2.50 bits per heavy atom. The number of hydrogen-bond acceptors (Lipinski definition) is 6. The van der Waals surface area contributed by atoms with Crippen LogP contribution in [0.15, 0.2) is 36.9 Å². The maximum atomic E-state index is 4.74. The first-order valence-corrected chi connectivity index (χ1v) is 8.60. The lowest BCUT2D eigenvalue weighted by Crippen LogP contribution is -2.27. The van der Waals surface area contributed by atoms with Crippen LogP contribution in [0, 0.1) is 13.8 Å². The van der Waals surface area contributed by atoms with Crippen molar-refractivity contribution in [2.75, 3.05) is 26.0 Å². The summed E-state index contributed by atoms with van der Waals surface area (Å²) in [5.41, 5.74) is 4.16. The maximum Gasteiger partial charge on any atom is 0.161 e. The lowest BCUT2D eigenvalue weighted by molar-refractivity contribution is 0.311. The van der Waals surface area contributed by atoms with E-state index in [1.165, 1.54) is 5.56 Å². The van der Waals surface area contributed by atoms with E-state index in [0.717, 1.165) is 29.2 Å². The average Bonchev–Trinajstić information content (AvgIpc) is 3.05. The molecule has 0 radical (unpaired) electrons. The van der Waals surface area contributed by atoms with E-state index in [1.54, 1.807) is 12.4 Å². The second-order valence-electron chi connectivity index (χ2n) is 6.65. The minimum Gasteiger partial charge on any atom is -0.368 e. The van der Waals surface area contributed by atoms with Crippen molar-refractivity contribution in [2.24, 2.45) is 7.05 Å². The van der Waals surface area contributed by atoms with Crippen LogP contribution in [0.5, 0.6) is 0 Å². The summed E-state index contributed by atoms with van der Waals surface area (Å²) in [4.78, 5) is 15.6. The van der Waals surface area contributed by atoms with Gasteiger partial charge in [-0.15, -0.1) is 0 Å². The summed E-state index contributed by atoms with van der Waals surface area (Å²) in [6.45, 7) is 4.78. The Morgan fingerprint density at radius 1 is 1.15 bits per heavy atom. The summed E-state index contributed by atoms with van der Waals surface area (Å²) >= 11 is 0. The normalized spacial score (nSPS) is 12.4. The Morgan fingerprint density at radius 2 is 1.88 bits per heavy atom. The van der Waals surface area contributed by atoms with Gasteiger partial charge in [0.2, 0.25) is 0 Å². The van der Waals surface area contributed by atoms with Gasteiger partial charge in [-0.1, -0.05) is 0 Å². The van der Waals surface area contributed by atoms with Gasteiger partial charge >= 0.3 is 0 Å². The van der Waals surface area contributed by atoms with E-state index in [2.05, 4.69) is 39.4 Å². The van der Waals surface area contributed by atoms with Gasteiger partial charge in [-0.2, -0.15) is 5.10 Å². The van der Waals surface area contributed by atoms with E-state index in [0.29, 0.717) is 5.82 Å². The fraction of sp³-hybridized carbons (Fsp3) is 0.368. The molecule has 0 aromatic carbocycles. The van der Waals surface area contributed by atoms with E-state index in [9.17, 15) is 0 Å². The van der Waals surface area contributed by atoms with Gasteiger partial charge in [0.25, 0.3) is 0 Å². The highest BCUT2D eigenvalue weighted by Gasteiger charge is 2.17. The Kier molecular flexibility index (Phi) is 5.27. The molecule has 136 valence electrons. The third-order valence-electron chi connectivity index (χ3n) is 4.52. The Hall–Kier alpha value is -2.80. The molecular weight excluding hydrogens is 326 g/mol. The average molecular weight is 351 g/mol. The molecule has 7 heteroatoms. The second kappa shape index (κ2) is 7.61. The summed E-state index contributed by atoms with van der Waals surface area (Å²) in [6.07, 6.45) is 7.47. The summed E-state index contributed by atoms with van der Waals surface area (Å²) < 4.78 is 1.83. The van der Waals surface area contributed by atoms with E-state index >= 15 is 0 Å². The van der Waals surface area contributed by atoms with Crippen molar-refractivity contribution in [3.63, 3.8) is 0 Å². The van der Waals surface area contributed by atoms with Crippen LogP contribution in [0.25, 0.3) is 11.4 Å². The van der Waals surface area contributed by atoms with Crippen LogP contribution in [0.2, 0.25) is 0 Å². The zero-order chi connectivity index (χ0) is 18.7. The van der Waals surface area contributed by atoms with Crippen LogP contribution in [-0.4, -0.2) is 50.3 Å². The van der Waals surface area contributed by atoms with Crippen molar-refractivity contribution >= 4 is 5.82 Å². The molecule has 1 unspecified atom stereocenters. The number of hydrogen-bond donors (Lipinski definition) is 1. The second-order valence-corrected chi connectivity index (χ2v) is 6.65. The molecule has 0 spiro atoms. The minimum absolute atomic E-state index is 0.197. The van der Waals surface area contributed by atoms with Crippen molar-refractivity contribution in [3.05, 3.63) is 53.7 Å². The highest BCUT2D eigenvalue weighted by molar-refractivity contribution is 5.59. The maximum absolute atomic E-state index is 4.74. The number of aryl methyl sites for hydroxylation is 2. The van der Waals surface area contributed by atoms with Gasteiger partial charge < -0.3 is 10.2 Å². The predicted molar refractivity (Wildman–Crippen MR) is 103 cm³/mol. The first-order valence-electron chi connectivity index (χ1n) is 8.60. The number of nitrogens with one attached hydrogen (secondary N) is 1. The molecular formula is C19H25N7. The SMILES string of the molecule is Cc1nc(-c2ccncc2)nc(NCC(c2cnn(C)c2)N(C)C)c1C. The molecule has 0 saturated heterocycles. The lowest BCUT2D eigenvalue weighted by Gasteiger charge is -2.24. The van der Waals surface area contributed by atoms with Crippen LogP contribution in [0.3, 0.4) is 0 Å². The summed E-state index contributed by atoms with van der Waals surface area (Å²) in [6, 6.07) is 4.04. The van der Waals surface area contributed by atoms with Crippen LogP contribution in [-0.2, 0) is 7.05 Å². The topological polar surface area (TPSA) is 71.8 Å². The zero-order valence-corrected chi connectivity index (χ0v) is 15.9. The molecule has 0 amide bonds. The largest absolute Gasteiger partial charge is 0.368 e. The number of anilines is 1. The molecule has 1 N–H and O–H groups in total. The van der Waals surface area contributed by atoms with Gasteiger partial charge in [0, 0.05) is 54.6 Å². The van der Waals surface area contributed by atoms with E-state index < -0.39 is 0 Å². The van der Waals surface area contributed by atoms with Gasteiger partial charge in [-0.05, 0) is 40.1 Å². The molecule has 3 aromatic heterocycles. The van der Waals surface area contributed by atoms with E-state index in [-0.39, 0.29) is 6.04 Å². The smallest absolute Gasteiger partial charge is 0.161 e. The van der Waals surface area contributed by atoms with E-state index in [1.807, 2.05) is 50.1 Å². The van der Waals surface area contributed by atoms with Crippen LogP contribution < -0.4 is 5.32 Å². The molecule has 3 rings (SSSR count). The molecule has 0 aliphatic carbocycles. The van der Waals surface area contributed by atoms with Crippen LogP contribution in [0.4, 0.5) is 5.82 Å². The van der Waals surface area contributed by atoms with Crippen molar-refractivity contribution < 1.29 is 0 Å². The van der Waals surface area contributed by atoms with Gasteiger partial charge in [0.05, 0.1) is 12.2 Å². The van der Waals surface area contributed by atoms with Crippen LogP contribution in [0.1, 0.15) is 22.9 Å². The number of rotatable bonds is 6. The molecule has 3 aromatic rings. The van der Waals surface area contributed by atoms with Gasteiger partial charge in [-0.3, -0.25) is 9.67 Å². The van der Waals surface area contributed by atoms with Crippen LogP contribution >= 0.6 is 0 Å². The molecule has 26 heavy (non-hydrogen) atoms. The van der Waals surface area contributed by atoms with Crippen molar-refractivity contribution in [1.29, 1.82) is 0 Å². The Bertz CT molecular complexity index is 871. The molecule has 0 bridgehead atoms. The molecule has 1 atom stereocenters. The van der Waals surface area contributed by atoms with Crippen molar-refractivity contribution in [3.8, 4) is 11.4 Å². The standard InChI is InChI=1S/C19H25N7/c1-13-14(2)23-19(15-6-8-20-9-7-15)24-18(13)21-11-17(25(3)4)16-10-22-26(5)12-16/h6-10,12,17H,11H2,1-5H3,(H,21,23,24). The highest BCUT2D eigenvalue weighted by Crippen LogP contribution is 2.23. The predicted octanol–water partition coefficient (Wildman–Crippen LogP) is 2.60. The molecule has 0 saturated carbocycles. The highest BCUT2D eigenvalue weighted by atomic mass is 15.2. The van der Waals surface area contributed by atoms with Crippen molar-refractivity contribution in [2.45, 2.75) is 19.9 Å². The number of nitrogens with zero attached hydrogens (tertiary/aromatic N) is 6. The molecule has 0 fully saturated rings. The van der Waals surface area contributed by atoms with Crippen molar-refractivity contribution in [1.82, 2.24) is 29.6 Å². The zero-order valence-electron chi connectivity index (χ0n) is 15.9. The summed E-state index contributed by atoms with van der Waals surface area (Å²) in [5.74, 6) is 1.57. The Labute approximate surface area is 154 Å². The molecule has 0 aliphatic heterocycles. The molecule has 7 nitrogen and oxygen atoms in total. The number of pyridine rings is 1. The monoisotopic (exact) mass is 351 g/mol. The van der Waals surface area contributed by atoms with E-state index in [4.69, 9.17) is 4.98 Å². The van der Waals surface area contributed by atoms with Gasteiger partial charge in [0.15, 0.2) is 5.82 Å². The van der Waals surface area contributed by atoms with Gasteiger partial charge in [0.1, 0.15) is 5.82 Å². The first-order chi connectivity index (χ1) is 12.5. The summed E-state index contributed by atoms with van der Waals surface area (Å²) in [5, 5.41) is 7.80. The quantitative estimate of drug-likeness (QED) is 0.736. The molecule has 3 heterocycles. The lowest BCUT2D eigenvalue weighted by atomic mass is 10.1. The third-order valence-corrected chi connectivity index (χ3v) is 4.52. The van der Waals surface area contributed by atoms with Gasteiger partial charge in [-0.25, -0.2) is 9.97 Å². The summed E-state index contributed by atoms with van der Waals surface area (Å²) in [7, 11) is 6.07. The number of aromatic nitrogens is 5. The Balaban J connectivity index is 1.85. The minimum atomic E-state index is 0.197. The fourth-order valence-corrected chi connectivity index (χ4v) is 2.84. The molecule has 0 aliphatic rings. The third kappa shape index (κ3) is 3.88. The fourth-order valence-electron chi connectivity index (χ4n) is 2.84. The number of likely N-dealkylation sites (N-methyl/N-ethyl adjacent to an activating group) is 1.